The van der Waals surface area contributed by atoms with Gasteiger partial charge in [0.2, 0.25) is 0 Å². The molecule has 0 fully saturated rings. The number of alkyl halides is 3. The lowest BCUT2D eigenvalue weighted by molar-refractivity contribution is -0.137. The van der Waals surface area contributed by atoms with Crippen molar-refractivity contribution in [3.8, 4) is 11.4 Å². The Labute approximate surface area is 213 Å². The molecule has 0 spiro atoms. The van der Waals surface area contributed by atoms with Crippen molar-refractivity contribution in [1.29, 1.82) is 0 Å². The molecular weight excluding hydrogens is 509 g/mol. The zero-order chi connectivity index (χ0) is 25.3. The molecule has 3 aromatic carbocycles. The van der Waals surface area contributed by atoms with Crippen molar-refractivity contribution in [2.45, 2.75) is 17.8 Å². The third-order valence-electron chi connectivity index (χ3n) is 5.56. The van der Waals surface area contributed by atoms with Gasteiger partial charge in [-0.3, -0.25) is 13.9 Å². The van der Waals surface area contributed by atoms with E-state index in [4.69, 9.17) is 16.6 Å². The molecule has 0 saturated carbocycles. The Kier molecular flexibility index (Phi) is 6.59. The number of nitrogens with zero attached hydrogens (tertiary/aromatic N) is 4. The lowest BCUT2D eigenvalue weighted by atomic mass is 10.1. The smallest absolute Gasteiger partial charge is 0.283 e. The van der Waals surface area contributed by atoms with Gasteiger partial charge in [0.25, 0.3) is 5.56 Å². The highest BCUT2D eigenvalue weighted by molar-refractivity contribution is 7.99. The van der Waals surface area contributed by atoms with Crippen molar-refractivity contribution < 1.29 is 13.2 Å². The number of para-hydroxylation sites is 1. The Morgan fingerprint density at radius 2 is 1.58 bits per heavy atom. The van der Waals surface area contributed by atoms with Crippen LogP contribution in [0, 0.1) is 0 Å². The zero-order valence-electron chi connectivity index (χ0n) is 18.6. The van der Waals surface area contributed by atoms with E-state index in [0.717, 1.165) is 23.4 Å². The lowest BCUT2D eigenvalue weighted by Gasteiger charge is -2.13. The van der Waals surface area contributed by atoms with Crippen molar-refractivity contribution in [1.82, 2.24) is 19.1 Å². The van der Waals surface area contributed by atoms with Gasteiger partial charge >= 0.3 is 6.18 Å². The lowest BCUT2D eigenvalue weighted by Crippen LogP contribution is -2.22. The van der Waals surface area contributed by atoms with Crippen LogP contribution < -0.4 is 5.56 Å². The van der Waals surface area contributed by atoms with Crippen LogP contribution in [0.25, 0.3) is 22.5 Å². The largest absolute Gasteiger partial charge is 0.416 e. The van der Waals surface area contributed by atoms with Crippen LogP contribution in [-0.4, -0.2) is 24.9 Å². The fraction of sp³-hybridized carbons (Fsp3) is 0.115. The quantitative estimate of drug-likeness (QED) is 0.185. The monoisotopic (exact) mass is 526 g/mol. The first kappa shape index (κ1) is 24.1. The average Bonchev–Trinajstić information content (AvgIpc) is 3.30. The SMILES string of the molecule is O=c1c2ncn(-c3ccccc3)c2nc(SCCc2ccc(C(F)(F)F)cc2)n1-c1ccc(Cl)cc1. The van der Waals surface area contributed by atoms with Crippen LogP contribution in [-0.2, 0) is 12.6 Å². The zero-order valence-corrected chi connectivity index (χ0v) is 20.2. The number of aromatic nitrogens is 4. The third-order valence-corrected chi connectivity index (χ3v) is 6.76. The van der Waals surface area contributed by atoms with E-state index in [1.54, 1.807) is 35.2 Å². The first-order valence-electron chi connectivity index (χ1n) is 10.9. The fourth-order valence-electron chi connectivity index (χ4n) is 3.75. The van der Waals surface area contributed by atoms with Crippen LogP contribution in [0.1, 0.15) is 11.1 Å². The summed E-state index contributed by atoms with van der Waals surface area (Å²) in [5.74, 6) is 0.496. The van der Waals surface area contributed by atoms with E-state index in [-0.39, 0.29) is 11.1 Å². The number of imidazole rings is 1. The molecule has 2 heterocycles. The van der Waals surface area contributed by atoms with E-state index in [2.05, 4.69) is 4.98 Å². The van der Waals surface area contributed by atoms with Crippen LogP contribution in [0.4, 0.5) is 13.2 Å². The minimum Gasteiger partial charge on any atom is -0.283 e. The van der Waals surface area contributed by atoms with Crippen molar-refractivity contribution in [2.75, 3.05) is 5.75 Å². The number of hydrogen-bond donors (Lipinski definition) is 0. The highest BCUT2D eigenvalue weighted by atomic mass is 35.5. The highest BCUT2D eigenvalue weighted by Crippen LogP contribution is 2.30. The maximum atomic E-state index is 13.5. The van der Waals surface area contributed by atoms with Gasteiger partial charge in [-0.25, -0.2) is 9.97 Å². The van der Waals surface area contributed by atoms with Crippen molar-refractivity contribution in [2.24, 2.45) is 0 Å². The van der Waals surface area contributed by atoms with Gasteiger partial charge in [0.1, 0.15) is 6.33 Å². The molecular formula is C26H18ClF3N4OS. The van der Waals surface area contributed by atoms with Gasteiger partial charge in [-0.1, -0.05) is 53.7 Å². The van der Waals surface area contributed by atoms with Gasteiger partial charge < -0.3 is 0 Å². The normalized spacial score (nSPS) is 11.8. The number of aryl methyl sites for hydroxylation is 1. The van der Waals surface area contributed by atoms with Gasteiger partial charge in [-0.15, -0.1) is 0 Å². The molecule has 0 atom stereocenters. The topological polar surface area (TPSA) is 52.7 Å². The van der Waals surface area contributed by atoms with Crippen LogP contribution in [0.2, 0.25) is 5.02 Å². The number of thioether (sulfide) groups is 1. The van der Waals surface area contributed by atoms with Gasteiger partial charge in [0, 0.05) is 16.5 Å². The molecule has 5 aromatic rings. The molecule has 0 saturated heterocycles. The van der Waals surface area contributed by atoms with E-state index in [1.807, 2.05) is 30.3 Å². The average molecular weight is 527 g/mol. The van der Waals surface area contributed by atoms with E-state index in [1.165, 1.54) is 28.5 Å². The Hall–Kier alpha value is -3.56. The van der Waals surface area contributed by atoms with Gasteiger partial charge in [-0.2, -0.15) is 13.2 Å². The number of halogens is 4. The van der Waals surface area contributed by atoms with Gasteiger partial charge in [-0.05, 0) is 60.5 Å². The number of benzene rings is 3. The molecule has 0 radical (unpaired) electrons. The summed E-state index contributed by atoms with van der Waals surface area (Å²) in [6.45, 7) is 0. The van der Waals surface area contributed by atoms with Crippen LogP contribution >= 0.6 is 23.4 Å². The second-order valence-electron chi connectivity index (χ2n) is 7.93. The predicted molar refractivity (Wildman–Crippen MR) is 135 cm³/mol. The fourth-order valence-corrected chi connectivity index (χ4v) is 4.86. The standard InChI is InChI=1S/C26H18ClF3N4OS/c27-19-10-12-21(13-11-19)34-24(35)22-23(33(16-31-22)20-4-2-1-3-5-20)32-25(34)36-15-14-17-6-8-18(9-7-17)26(28,29)30/h1-13,16H,14-15H2. The molecule has 0 N–H and O–H groups in total. The molecule has 182 valence electrons. The Morgan fingerprint density at radius 1 is 0.889 bits per heavy atom. The maximum absolute atomic E-state index is 13.5. The Balaban J connectivity index is 1.51. The first-order chi connectivity index (χ1) is 17.3. The van der Waals surface area contributed by atoms with E-state index < -0.39 is 11.7 Å². The number of rotatable bonds is 6. The second kappa shape index (κ2) is 9.83. The Morgan fingerprint density at radius 3 is 2.25 bits per heavy atom. The maximum Gasteiger partial charge on any atom is 0.416 e. The molecule has 0 bridgehead atoms. The van der Waals surface area contributed by atoms with Crippen LogP contribution in [0.5, 0.6) is 0 Å². The summed E-state index contributed by atoms with van der Waals surface area (Å²) >= 11 is 7.38. The molecule has 5 nitrogen and oxygen atoms in total. The summed E-state index contributed by atoms with van der Waals surface area (Å²) in [4.78, 5) is 22.7. The van der Waals surface area contributed by atoms with E-state index >= 15 is 0 Å². The minimum atomic E-state index is -4.37. The summed E-state index contributed by atoms with van der Waals surface area (Å²) in [5, 5.41) is 0.977. The number of fused-ring (bicyclic) bond motifs is 1. The first-order valence-corrected chi connectivity index (χ1v) is 12.3. The van der Waals surface area contributed by atoms with Crippen LogP contribution in [0.15, 0.2) is 95.1 Å². The molecule has 0 aliphatic heterocycles. The molecule has 36 heavy (non-hydrogen) atoms. The Bertz CT molecular complexity index is 1560. The molecule has 10 heteroatoms. The minimum absolute atomic E-state index is 0.223. The van der Waals surface area contributed by atoms with Crippen molar-refractivity contribution >= 4 is 34.5 Å². The van der Waals surface area contributed by atoms with E-state index in [9.17, 15) is 18.0 Å². The summed E-state index contributed by atoms with van der Waals surface area (Å²) in [5.41, 5.74) is 1.80. The second-order valence-corrected chi connectivity index (χ2v) is 9.43. The highest BCUT2D eigenvalue weighted by Gasteiger charge is 2.29. The molecule has 0 aliphatic carbocycles. The third kappa shape index (κ3) is 4.89. The molecule has 0 aliphatic rings. The van der Waals surface area contributed by atoms with Gasteiger partial charge in [0.05, 0.1) is 11.3 Å². The predicted octanol–water partition coefficient (Wildman–Crippen LogP) is 6.58. The molecule has 0 unspecified atom stereocenters. The van der Waals surface area contributed by atoms with Crippen molar-refractivity contribution in [3.63, 3.8) is 0 Å². The number of hydrogen-bond acceptors (Lipinski definition) is 4. The van der Waals surface area contributed by atoms with E-state index in [0.29, 0.717) is 33.7 Å². The van der Waals surface area contributed by atoms with Crippen molar-refractivity contribution in [3.05, 3.63) is 112 Å². The molecule has 2 aromatic heterocycles. The summed E-state index contributed by atoms with van der Waals surface area (Å²) in [7, 11) is 0. The van der Waals surface area contributed by atoms with Crippen LogP contribution in [0.3, 0.4) is 0 Å². The summed E-state index contributed by atoms with van der Waals surface area (Å²) in [6, 6.07) is 21.4. The van der Waals surface area contributed by atoms with Gasteiger partial charge in [0.15, 0.2) is 16.3 Å². The molecule has 5 rings (SSSR count). The summed E-state index contributed by atoms with van der Waals surface area (Å²) < 4.78 is 41.8. The molecule has 0 amide bonds. The summed E-state index contributed by atoms with van der Waals surface area (Å²) in [6.07, 6.45) is -2.31.